The second kappa shape index (κ2) is 45.4. The smallest absolute Gasteiger partial charge is 0.338 e. The fraction of sp³-hybridized carbons (Fsp3) is 0.608. The highest BCUT2D eigenvalue weighted by atomic mass is 35.5. The standard InChI is InChI=1S/C21H41NO.C16H30O2.C10H10.C4H2O3.ClH/c1-4-5-6-7-8-9-10-11-12-13-14-15-16-17-18-19-20-21(23)22(2)3;1-4-5-6-7-8-9-10-11-12-13-14-18-16(17)15(2)3;1-3-9-7-5-6-8-10(9)4-2;5-3-1-2-4(6)7-3;/h19-20H,4-18H2,1-3H3;2,4-14H2,1,3H3;3-8H,1-2H2;1-2H;1H. The quantitative estimate of drug-likeness (QED) is 0.0332. The molecule has 0 saturated heterocycles. The molecule has 0 fully saturated rings. The average molecular weight is 843 g/mol. The van der Waals surface area contributed by atoms with Crippen LogP contribution in [0.3, 0.4) is 0 Å². The van der Waals surface area contributed by atoms with E-state index in [1.165, 1.54) is 148 Å². The van der Waals surface area contributed by atoms with Crippen molar-refractivity contribution in [1.82, 2.24) is 4.90 Å². The van der Waals surface area contributed by atoms with Crippen LogP contribution >= 0.6 is 12.4 Å². The Labute approximate surface area is 367 Å². The lowest BCUT2D eigenvalue weighted by Crippen LogP contribution is -2.18. The molecule has 1 amide bonds. The molecule has 0 unspecified atom stereocenters. The Hall–Kier alpha value is -3.71. The molecule has 0 aromatic heterocycles. The predicted molar refractivity (Wildman–Crippen MR) is 254 cm³/mol. The first-order chi connectivity index (χ1) is 28.0. The van der Waals surface area contributed by atoms with Gasteiger partial charge in [0.25, 0.3) is 0 Å². The van der Waals surface area contributed by atoms with E-state index in [1.54, 1.807) is 32.0 Å². The zero-order valence-electron chi connectivity index (χ0n) is 38.1. The number of unbranched alkanes of at least 4 members (excludes halogenated alkanes) is 23. The number of nitrogens with zero attached hydrogens (tertiary/aromatic N) is 1. The second-order valence-electron chi connectivity index (χ2n) is 15.2. The average Bonchev–Trinajstić information content (AvgIpc) is 3.61. The molecule has 0 bridgehead atoms. The molecule has 0 spiro atoms. The van der Waals surface area contributed by atoms with Gasteiger partial charge in [0.05, 0.1) is 6.61 Å². The molecule has 0 saturated carbocycles. The molecule has 7 nitrogen and oxygen atoms in total. The number of carbonyl (C=O) groups is 4. The molecule has 2 rings (SSSR count). The highest BCUT2D eigenvalue weighted by Crippen LogP contribution is 2.14. The van der Waals surface area contributed by atoms with Gasteiger partial charge in [-0.25, -0.2) is 14.4 Å². The molecule has 0 N–H and O–H groups in total. The van der Waals surface area contributed by atoms with E-state index in [0.29, 0.717) is 12.2 Å². The van der Waals surface area contributed by atoms with Gasteiger partial charge in [-0.3, -0.25) is 4.79 Å². The van der Waals surface area contributed by atoms with Gasteiger partial charge < -0.3 is 14.4 Å². The number of allylic oxidation sites excluding steroid dienone is 1. The summed E-state index contributed by atoms with van der Waals surface area (Å²) in [5, 5.41) is 0. The maximum Gasteiger partial charge on any atom is 0.338 e. The number of halogens is 1. The third-order valence-electron chi connectivity index (χ3n) is 9.50. The summed E-state index contributed by atoms with van der Waals surface area (Å²) in [6.45, 7) is 17.7. The molecule has 1 aliphatic heterocycles. The largest absolute Gasteiger partial charge is 0.462 e. The third kappa shape index (κ3) is 42.2. The maximum absolute atomic E-state index is 11.3. The lowest BCUT2D eigenvalue weighted by atomic mass is 10.0. The van der Waals surface area contributed by atoms with E-state index in [-0.39, 0.29) is 24.3 Å². The number of amides is 1. The SMILES string of the molecule is C=C(C)C(=O)OCCCCCCCCCCCC.C=Cc1ccccc1C=C.CCCCCCCCCCCCCCCCC=CC(=O)N(C)C.Cl.O=C1C=CC(=O)O1. The zero-order valence-corrected chi connectivity index (χ0v) is 38.9. The van der Waals surface area contributed by atoms with Crippen LogP contribution in [0.2, 0.25) is 0 Å². The van der Waals surface area contributed by atoms with Crippen molar-refractivity contribution >= 4 is 48.4 Å². The number of esters is 3. The topological polar surface area (TPSA) is 90.0 Å². The van der Waals surface area contributed by atoms with Crippen molar-refractivity contribution in [2.24, 2.45) is 0 Å². The lowest BCUT2D eigenvalue weighted by molar-refractivity contribution is -0.150. The molecule has 336 valence electrons. The summed E-state index contributed by atoms with van der Waals surface area (Å²) in [5.74, 6) is -1.32. The molecule has 1 aliphatic rings. The number of hydrogen-bond acceptors (Lipinski definition) is 6. The Balaban J connectivity index is -0.000000764. The van der Waals surface area contributed by atoms with E-state index in [2.05, 4.69) is 38.3 Å². The minimum Gasteiger partial charge on any atom is -0.462 e. The fourth-order valence-electron chi connectivity index (χ4n) is 5.85. The van der Waals surface area contributed by atoms with E-state index in [1.807, 2.05) is 42.5 Å². The first-order valence-electron chi connectivity index (χ1n) is 22.5. The minimum absolute atomic E-state index is 0. The van der Waals surface area contributed by atoms with Crippen molar-refractivity contribution in [3.05, 3.63) is 85.0 Å². The lowest BCUT2D eigenvalue weighted by Gasteiger charge is -2.05. The van der Waals surface area contributed by atoms with Gasteiger partial charge in [-0.05, 0) is 43.4 Å². The minimum atomic E-state index is -0.579. The summed E-state index contributed by atoms with van der Waals surface area (Å²) in [4.78, 5) is 43.9. The number of benzene rings is 1. The Morgan fingerprint density at radius 2 is 0.983 bits per heavy atom. The number of likely N-dealkylation sites (N-methyl/N-ethyl adjacent to an activating group) is 1. The van der Waals surface area contributed by atoms with E-state index < -0.39 is 11.9 Å². The molecular weight excluding hydrogens is 758 g/mol. The summed E-state index contributed by atoms with van der Waals surface area (Å²) in [5.41, 5.74) is 2.76. The Kier molecular flexibility index (Phi) is 45.8. The van der Waals surface area contributed by atoms with Gasteiger partial charge in [0.1, 0.15) is 0 Å². The van der Waals surface area contributed by atoms with Crippen molar-refractivity contribution in [3.63, 3.8) is 0 Å². The molecule has 1 aromatic carbocycles. The van der Waals surface area contributed by atoms with Gasteiger partial charge in [0.2, 0.25) is 5.91 Å². The molecule has 1 heterocycles. The van der Waals surface area contributed by atoms with Gasteiger partial charge in [0.15, 0.2) is 0 Å². The van der Waals surface area contributed by atoms with Gasteiger partial charge >= 0.3 is 17.9 Å². The molecule has 1 aromatic rings. The van der Waals surface area contributed by atoms with Crippen molar-refractivity contribution in [3.8, 4) is 0 Å². The Morgan fingerprint density at radius 3 is 1.29 bits per heavy atom. The second-order valence-corrected chi connectivity index (χ2v) is 15.2. The number of hydrogen-bond donors (Lipinski definition) is 0. The van der Waals surface area contributed by atoms with Crippen LogP contribution in [0.1, 0.15) is 192 Å². The van der Waals surface area contributed by atoms with Crippen molar-refractivity contribution < 1.29 is 28.7 Å². The molecule has 59 heavy (non-hydrogen) atoms. The molecule has 0 radical (unpaired) electrons. The van der Waals surface area contributed by atoms with Crippen LogP contribution in [-0.2, 0) is 28.7 Å². The van der Waals surface area contributed by atoms with Gasteiger partial charge in [-0.1, -0.05) is 217 Å². The molecule has 8 heteroatoms. The third-order valence-corrected chi connectivity index (χ3v) is 9.50. The highest BCUT2D eigenvalue weighted by Gasteiger charge is 2.10. The van der Waals surface area contributed by atoms with Crippen LogP contribution in [0, 0.1) is 0 Å². The first-order valence-corrected chi connectivity index (χ1v) is 22.5. The first kappa shape index (κ1) is 59.6. The van der Waals surface area contributed by atoms with Crippen molar-refractivity contribution in [1.29, 1.82) is 0 Å². The summed E-state index contributed by atoms with van der Waals surface area (Å²) < 4.78 is 9.01. The van der Waals surface area contributed by atoms with E-state index >= 15 is 0 Å². The van der Waals surface area contributed by atoms with Crippen LogP contribution in [0.25, 0.3) is 12.2 Å². The van der Waals surface area contributed by atoms with Gasteiger partial charge in [0, 0.05) is 31.8 Å². The van der Waals surface area contributed by atoms with Crippen LogP contribution in [0.4, 0.5) is 0 Å². The summed E-state index contributed by atoms with van der Waals surface area (Å²) in [6, 6.07) is 8.02. The Bertz CT molecular complexity index is 1260. The summed E-state index contributed by atoms with van der Waals surface area (Å²) in [6.07, 6.45) is 43.1. The van der Waals surface area contributed by atoms with E-state index in [9.17, 15) is 19.2 Å². The normalized spacial score (nSPS) is 11.1. The van der Waals surface area contributed by atoms with Crippen LogP contribution in [0.15, 0.2) is 73.9 Å². The predicted octanol–water partition coefficient (Wildman–Crippen LogP) is 14.5. The molecule has 0 atom stereocenters. The summed E-state index contributed by atoms with van der Waals surface area (Å²) in [7, 11) is 3.58. The van der Waals surface area contributed by atoms with Gasteiger partial charge in [-0.15, -0.1) is 12.4 Å². The van der Waals surface area contributed by atoms with E-state index in [4.69, 9.17) is 4.74 Å². The van der Waals surface area contributed by atoms with Gasteiger partial charge in [-0.2, -0.15) is 0 Å². The summed E-state index contributed by atoms with van der Waals surface area (Å²) >= 11 is 0. The van der Waals surface area contributed by atoms with Crippen molar-refractivity contribution in [2.45, 2.75) is 181 Å². The monoisotopic (exact) mass is 842 g/mol. The molecule has 0 aliphatic carbocycles. The maximum atomic E-state index is 11.3. The van der Waals surface area contributed by atoms with Crippen LogP contribution in [0.5, 0.6) is 0 Å². The Morgan fingerprint density at radius 1 is 0.627 bits per heavy atom. The zero-order chi connectivity index (χ0) is 43.5. The number of ether oxygens (including phenoxy) is 2. The number of rotatable bonds is 30. The van der Waals surface area contributed by atoms with E-state index in [0.717, 1.165) is 36.1 Å². The highest BCUT2D eigenvalue weighted by molar-refractivity contribution is 6.04. The fourth-order valence-corrected chi connectivity index (χ4v) is 5.85. The van der Waals surface area contributed by atoms with Crippen LogP contribution in [-0.4, -0.2) is 49.4 Å². The number of carbonyl (C=O) groups excluding carboxylic acids is 4. The van der Waals surface area contributed by atoms with Crippen LogP contribution < -0.4 is 0 Å². The molecular formula is C51H84ClNO6. The van der Waals surface area contributed by atoms with Crippen molar-refractivity contribution in [2.75, 3.05) is 20.7 Å². The number of cyclic esters (lactones) is 2.